The molecule has 0 amide bonds. The van der Waals surface area contributed by atoms with Crippen LogP contribution < -0.4 is 25.2 Å². The zero-order valence-corrected chi connectivity index (χ0v) is 21.5. The van der Waals surface area contributed by atoms with Crippen LogP contribution in [0.2, 0.25) is 5.02 Å². The smallest absolute Gasteiger partial charge is 0.306 e. The highest BCUT2D eigenvalue weighted by atomic mass is 35.5. The number of aliphatic carboxylic acids is 1. The lowest BCUT2D eigenvalue weighted by Crippen LogP contribution is -2.37. The summed E-state index contributed by atoms with van der Waals surface area (Å²) in [5, 5.41) is 13.4. The van der Waals surface area contributed by atoms with E-state index in [0.29, 0.717) is 71.5 Å². The van der Waals surface area contributed by atoms with Gasteiger partial charge in [0, 0.05) is 43.7 Å². The van der Waals surface area contributed by atoms with Crippen LogP contribution in [0.4, 0.5) is 17.5 Å². The Morgan fingerprint density at radius 3 is 2.59 bits per heavy atom. The summed E-state index contributed by atoms with van der Waals surface area (Å²) in [5.41, 5.74) is 0.767. The predicted molar refractivity (Wildman–Crippen MR) is 139 cm³/mol. The van der Waals surface area contributed by atoms with E-state index in [2.05, 4.69) is 15.3 Å². The third-order valence-corrected chi connectivity index (χ3v) is 6.64. The number of halogens is 1. The van der Waals surface area contributed by atoms with E-state index in [1.165, 1.54) is 17.9 Å². The molecule has 2 aromatic heterocycles. The molecule has 0 bridgehead atoms. The topological polar surface area (TPSA) is 136 Å². The Kier molecular flexibility index (Phi) is 7.82. The van der Waals surface area contributed by atoms with Crippen LogP contribution in [0.1, 0.15) is 26.2 Å². The number of nitrogens with one attached hydrogen (secondary N) is 1. The number of piperidine rings is 1. The van der Waals surface area contributed by atoms with Crippen LogP contribution in [0, 0.1) is 5.92 Å². The molecule has 0 radical (unpaired) electrons. The number of ketones is 1. The number of hydrogen-bond donors (Lipinski definition) is 2. The summed E-state index contributed by atoms with van der Waals surface area (Å²) < 4.78 is 12.5. The zero-order valence-electron chi connectivity index (χ0n) is 20.8. The average Bonchev–Trinajstić information content (AvgIpc) is 2.90. The lowest BCUT2D eigenvalue weighted by atomic mass is 9.97. The van der Waals surface area contributed by atoms with E-state index >= 15 is 0 Å². The van der Waals surface area contributed by atoms with E-state index in [4.69, 9.17) is 21.1 Å². The number of carbonyl (C=O) groups is 2. The van der Waals surface area contributed by atoms with Crippen molar-refractivity contribution in [3.05, 3.63) is 39.8 Å². The number of benzene rings is 1. The number of aromatic nitrogens is 3. The molecule has 1 saturated heterocycles. The molecular formula is C25H28ClN5O6. The number of hydrogen-bond acceptors (Lipinski definition) is 9. The number of anilines is 3. The summed E-state index contributed by atoms with van der Waals surface area (Å²) in [7, 11) is 3.11. The van der Waals surface area contributed by atoms with Crippen molar-refractivity contribution in [1.29, 1.82) is 0 Å². The number of carbonyl (C=O) groups excluding carboxylic acids is 1. The normalized spacial score (nSPS) is 14.0. The van der Waals surface area contributed by atoms with Crippen molar-refractivity contribution in [3.63, 3.8) is 0 Å². The molecule has 11 nitrogen and oxygen atoms in total. The fraction of sp³-hybridized carbons (Fsp3) is 0.400. The van der Waals surface area contributed by atoms with Gasteiger partial charge in [-0.2, -0.15) is 4.98 Å². The van der Waals surface area contributed by atoms with Gasteiger partial charge in [-0.1, -0.05) is 18.5 Å². The number of fused-ring (bicyclic) bond motifs is 1. The highest BCUT2D eigenvalue weighted by molar-refractivity contribution is 6.32. The SMILES string of the molecule is CCC(=O)COc1cc2cc(Nc3nc(N4CCC(C(=O)O)CC4)ncc3Cl)cc(OC)c2n(C)c1=O. The van der Waals surface area contributed by atoms with Gasteiger partial charge in [0.2, 0.25) is 5.95 Å². The minimum atomic E-state index is -0.785. The van der Waals surface area contributed by atoms with Crippen molar-refractivity contribution in [2.75, 3.05) is 37.0 Å². The molecule has 196 valence electrons. The molecule has 1 aliphatic rings. The second kappa shape index (κ2) is 11.0. The zero-order chi connectivity index (χ0) is 26.7. The van der Waals surface area contributed by atoms with Crippen LogP contribution in [0.15, 0.2) is 29.2 Å². The van der Waals surface area contributed by atoms with Crippen LogP contribution >= 0.6 is 11.6 Å². The van der Waals surface area contributed by atoms with Crippen molar-refractivity contribution in [1.82, 2.24) is 14.5 Å². The van der Waals surface area contributed by atoms with Gasteiger partial charge >= 0.3 is 5.97 Å². The lowest BCUT2D eigenvalue weighted by Gasteiger charge is -2.30. The van der Waals surface area contributed by atoms with Crippen LogP contribution in [0.25, 0.3) is 10.9 Å². The predicted octanol–water partition coefficient (Wildman–Crippen LogP) is 3.39. The van der Waals surface area contributed by atoms with Crippen molar-refractivity contribution in [2.24, 2.45) is 13.0 Å². The number of methoxy groups -OCH3 is 1. The number of carboxylic acids is 1. The quantitative estimate of drug-likeness (QED) is 0.424. The molecule has 1 aromatic carbocycles. The minimum Gasteiger partial charge on any atom is -0.494 e. The summed E-state index contributed by atoms with van der Waals surface area (Å²) in [4.78, 5) is 46.6. The standard InChI is InChI=1S/C25H28ClN5O6/c1-4-17(32)13-37-20-10-15-9-16(11-19(36-3)21(15)30(2)23(20)33)28-22-18(26)12-27-25(29-22)31-7-5-14(6-8-31)24(34)35/h9-12,14H,4-8,13H2,1-3H3,(H,34,35)(H,27,28,29). The number of carboxylic acid groups (broad SMARTS) is 1. The first-order chi connectivity index (χ1) is 17.7. The second-order valence-electron chi connectivity index (χ2n) is 8.76. The van der Waals surface area contributed by atoms with Gasteiger partial charge in [-0.3, -0.25) is 14.4 Å². The number of ether oxygens (including phenoxy) is 2. The number of aryl methyl sites for hydroxylation is 1. The molecule has 12 heteroatoms. The maximum absolute atomic E-state index is 12.8. The number of nitrogens with zero attached hydrogens (tertiary/aromatic N) is 4. The van der Waals surface area contributed by atoms with Gasteiger partial charge in [0.25, 0.3) is 5.56 Å². The van der Waals surface area contributed by atoms with Crippen LogP contribution in [0.5, 0.6) is 11.5 Å². The van der Waals surface area contributed by atoms with Crippen LogP contribution in [-0.4, -0.2) is 58.2 Å². The van der Waals surface area contributed by atoms with Crippen LogP contribution in [-0.2, 0) is 16.6 Å². The molecule has 0 unspecified atom stereocenters. The summed E-state index contributed by atoms with van der Waals surface area (Å²) >= 11 is 6.39. The second-order valence-corrected chi connectivity index (χ2v) is 9.17. The average molecular weight is 530 g/mol. The van der Waals surface area contributed by atoms with Crippen LogP contribution in [0.3, 0.4) is 0 Å². The maximum atomic E-state index is 12.8. The van der Waals surface area contributed by atoms with E-state index in [1.807, 2.05) is 4.90 Å². The molecule has 3 heterocycles. The highest BCUT2D eigenvalue weighted by Gasteiger charge is 2.26. The fourth-order valence-electron chi connectivity index (χ4n) is 4.22. The van der Waals surface area contributed by atoms with Crippen molar-refractivity contribution < 1.29 is 24.2 Å². The third kappa shape index (κ3) is 5.61. The summed E-state index contributed by atoms with van der Waals surface area (Å²) in [5.74, 6) is 0.0467. The van der Waals surface area contributed by atoms with Gasteiger partial charge < -0.3 is 29.4 Å². The molecule has 0 spiro atoms. The van der Waals surface area contributed by atoms with Crippen molar-refractivity contribution >= 4 is 51.7 Å². The molecule has 1 aliphatic heterocycles. The number of rotatable bonds is 9. The van der Waals surface area contributed by atoms with E-state index in [1.54, 1.807) is 32.2 Å². The largest absolute Gasteiger partial charge is 0.494 e. The van der Waals surface area contributed by atoms with Crippen molar-refractivity contribution in [2.45, 2.75) is 26.2 Å². The molecule has 0 aliphatic carbocycles. The van der Waals surface area contributed by atoms with Gasteiger partial charge in [0.05, 0.1) is 24.7 Å². The van der Waals surface area contributed by atoms with Gasteiger partial charge in [0.15, 0.2) is 17.4 Å². The minimum absolute atomic E-state index is 0.0584. The molecule has 2 N–H and O–H groups in total. The Hall–Kier alpha value is -3.86. The van der Waals surface area contributed by atoms with Gasteiger partial charge in [-0.05, 0) is 25.0 Å². The van der Waals surface area contributed by atoms with Crippen molar-refractivity contribution in [3.8, 4) is 11.5 Å². The summed E-state index contributed by atoms with van der Waals surface area (Å²) in [6.07, 6.45) is 2.83. The van der Waals surface area contributed by atoms with Gasteiger partial charge in [0.1, 0.15) is 17.4 Å². The fourth-order valence-corrected chi connectivity index (χ4v) is 4.36. The first-order valence-electron chi connectivity index (χ1n) is 11.8. The maximum Gasteiger partial charge on any atom is 0.306 e. The molecule has 3 aromatic rings. The lowest BCUT2D eigenvalue weighted by molar-refractivity contribution is -0.142. The molecular weight excluding hydrogens is 502 g/mol. The van der Waals surface area contributed by atoms with E-state index < -0.39 is 5.97 Å². The third-order valence-electron chi connectivity index (χ3n) is 6.37. The Balaban J connectivity index is 1.65. The molecule has 4 rings (SSSR count). The van der Waals surface area contributed by atoms with Gasteiger partial charge in [-0.15, -0.1) is 0 Å². The Morgan fingerprint density at radius 2 is 1.95 bits per heavy atom. The highest BCUT2D eigenvalue weighted by Crippen LogP contribution is 2.33. The summed E-state index contributed by atoms with van der Waals surface area (Å²) in [6, 6.07) is 5.09. The Bertz CT molecular complexity index is 1400. The first-order valence-corrected chi connectivity index (χ1v) is 12.2. The van der Waals surface area contributed by atoms with E-state index in [0.717, 1.165) is 0 Å². The molecule has 0 atom stereocenters. The Labute approximate surface area is 218 Å². The van der Waals surface area contributed by atoms with E-state index in [9.17, 15) is 19.5 Å². The van der Waals surface area contributed by atoms with E-state index in [-0.39, 0.29) is 29.6 Å². The first kappa shape index (κ1) is 26.2. The number of Topliss-reactive ketones (excluding diaryl/α,β-unsaturated/α-hetero) is 1. The molecule has 37 heavy (non-hydrogen) atoms. The monoisotopic (exact) mass is 529 g/mol. The summed E-state index contributed by atoms with van der Waals surface area (Å²) in [6.45, 7) is 2.60. The van der Waals surface area contributed by atoms with Gasteiger partial charge in [-0.25, -0.2) is 4.98 Å². The molecule has 0 saturated carbocycles. The number of pyridine rings is 1. The molecule has 1 fully saturated rings. The Morgan fingerprint density at radius 1 is 1.22 bits per heavy atom.